The highest BCUT2D eigenvalue weighted by Gasteiger charge is 2.12. The first kappa shape index (κ1) is 18.3. The van der Waals surface area contributed by atoms with Crippen LogP contribution in [0.15, 0.2) is 53.7 Å². The van der Waals surface area contributed by atoms with Gasteiger partial charge in [-0.2, -0.15) is 4.98 Å². The first-order chi connectivity index (χ1) is 12.5. The molecule has 0 saturated carbocycles. The van der Waals surface area contributed by atoms with E-state index in [4.69, 9.17) is 4.74 Å². The number of hydrogen-bond donors (Lipinski definition) is 0. The maximum Gasteiger partial charge on any atom is 0.223 e. The van der Waals surface area contributed by atoms with Crippen molar-refractivity contribution in [2.24, 2.45) is 0 Å². The Morgan fingerprint density at radius 3 is 2.42 bits per heavy atom. The quantitative estimate of drug-likeness (QED) is 0.410. The Morgan fingerprint density at radius 2 is 1.73 bits per heavy atom. The fourth-order valence-corrected chi connectivity index (χ4v) is 3.24. The van der Waals surface area contributed by atoms with E-state index in [0.29, 0.717) is 23.2 Å². The van der Waals surface area contributed by atoms with Crippen LogP contribution in [0.2, 0.25) is 0 Å². The summed E-state index contributed by atoms with van der Waals surface area (Å²) in [5.74, 6) is 0.0665. The molecule has 0 aliphatic carbocycles. The van der Waals surface area contributed by atoms with E-state index in [9.17, 15) is 8.78 Å². The minimum absolute atomic E-state index is 0.0177. The summed E-state index contributed by atoms with van der Waals surface area (Å²) in [6, 6.07) is 13.3. The minimum Gasteiger partial charge on any atom is -0.439 e. The highest BCUT2D eigenvalue weighted by atomic mass is 32.2. The van der Waals surface area contributed by atoms with Crippen LogP contribution in [0, 0.1) is 18.6 Å². The van der Waals surface area contributed by atoms with Gasteiger partial charge in [0.15, 0.2) is 5.16 Å². The van der Waals surface area contributed by atoms with Gasteiger partial charge in [-0.3, -0.25) is 0 Å². The average molecular weight is 372 g/mol. The van der Waals surface area contributed by atoms with Gasteiger partial charge in [0.1, 0.15) is 17.4 Å². The molecule has 3 aromatic rings. The van der Waals surface area contributed by atoms with Crippen molar-refractivity contribution in [3.05, 3.63) is 77.0 Å². The number of nitrogens with zero attached hydrogens (tertiary/aromatic N) is 2. The third-order valence-electron chi connectivity index (χ3n) is 3.72. The van der Waals surface area contributed by atoms with Crippen LogP contribution in [0.25, 0.3) is 0 Å². The Morgan fingerprint density at radius 1 is 1.00 bits per heavy atom. The largest absolute Gasteiger partial charge is 0.439 e. The molecule has 0 aliphatic heterocycles. The molecule has 0 unspecified atom stereocenters. The molecule has 0 bridgehead atoms. The first-order valence-corrected chi connectivity index (χ1v) is 9.22. The summed E-state index contributed by atoms with van der Waals surface area (Å²) >= 11 is 1.18. The predicted octanol–water partition coefficient (Wildman–Crippen LogP) is 5.71. The van der Waals surface area contributed by atoms with Gasteiger partial charge in [-0.15, -0.1) is 0 Å². The van der Waals surface area contributed by atoms with Crippen molar-refractivity contribution < 1.29 is 13.5 Å². The number of rotatable bonds is 6. The molecule has 1 heterocycles. The van der Waals surface area contributed by atoms with E-state index < -0.39 is 11.6 Å². The molecule has 3 rings (SSSR count). The molecule has 0 fully saturated rings. The molecule has 0 spiro atoms. The monoisotopic (exact) mass is 372 g/mol. The highest BCUT2D eigenvalue weighted by molar-refractivity contribution is 7.98. The standard InChI is InChI=1S/C20H18F2N2OS/c1-3-14-11-19(25-15-7-4-6-13(2)10-15)24-20(23-14)26-12-16-17(21)8-5-9-18(16)22/h4-11H,3,12H2,1-2H3. The number of hydrogen-bond acceptors (Lipinski definition) is 4. The minimum atomic E-state index is -0.569. The van der Waals surface area contributed by atoms with Crippen LogP contribution in [-0.4, -0.2) is 9.97 Å². The zero-order valence-corrected chi connectivity index (χ0v) is 15.3. The molecule has 1 aromatic heterocycles. The Kier molecular flexibility index (Phi) is 5.83. The van der Waals surface area contributed by atoms with E-state index in [1.807, 2.05) is 38.1 Å². The molecule has 0 atom stereocenters. The lowest BCUT2D eigenvalue weighted by Gasteiger charge is -2.09. The van der Waals surface area contributed by atoms with Crippen LogP contribution in [0.1, 0.15) is 23.7 Å². The van der Waals surface area contributed by atoms with Crippen LogP contribution >= 0.6 is 11.8 Å². The Labute approximate surface area is 155 Å². The van der Waals surface area contributed by atoms with E-state index in [0.717, 1.165) is 11.3 Å². The van der Waals surface area contributed by atoms with E-state index >= 15 is 0 Å². The second-order valence-electron chi connectivity index (χ2n) is 5.74. The van der Waals surface area contributed by atoms with Crippen molar-refractivity contribution >= 4 is 11.8 Å². The van der Waals surface area contributed by atoms with E-state index in [1.165, 1.54) is 30.0 Å². The normalized spacial score (nSPS) is 10.8. The van der Waals surface area contributed by atoms with E-state index in [1.54, 1.807) is 6.07 Å². The van der Waals surface area contributed by atoms with Crippen molar-refractivity contribution in [1.29, 1.82) is 0 Å². The predicted molar refractivity (Wildman–Crippen MR) is 98.6 cm³/mol. The molecular weight excluding hydrogens is 354 g/mol. The highest BCUT2D eigenvalue weighted by Crippen LogP contribution is 2.27. The van der Waals surface area contributed by atoms with Crippen molar-refractivity contribution in [3.8, 4) is 11.6 Å². The summed E-state index contributed by atoms with van der Waals surface area (Å²) in [7, 11) is 0. The Bertz CT molecular complexity index is 898. The fraction of sp³-hybridized carbons (Fsp3) is 0.200. The lowest BCUT2D eigenvalue weighted by atomic mass is 10.2. The van der Waals surface area contributed by atoms with Gasteiger partial charge in [0.25, 0.3) is 0 Å². The van der Waals surface area contributed by atoms with Gasteiger partial charge in [-0.1, -0.05) is 36.9 Å². The maximum absolute atomic E-state index is 13.8. The van der Waals surface area contributed by atoms with E-state index in [-0.39, 0.29) is 11.3 Å². The number of ether oxygens (including phenoxy) is 1. The number of aromatic nitrogens is 2. The Balaban J connectivity index is 1.81. The summed E-state index contributed by atoms with van der Waals surface area (Å²) in [5.41, 5.74) is 1.90. The lowest BCUT2D eigenvalue weighted by molar-refractivity contribution is 0.453. The van der Waals surface area contributed by atoms with Crippen LogP contribution in [0.3, 0.4) is 0 Å². The van der Waals surface area contributed by atoms with Gasteiger partial charge >= 0.3 is 0 Å². The first-order valence-electron chi connectivity index (χ1n) is 8.23. The summed E-state index contributed by atoms with van der Waals surface area (Å²) in [5, 5.41) is 0.426. The van der Waals surface area contributed by atoms with Crippen LogP contribution in [0.5, 0.6) is 11.6 Å². The summed E-state index contributed by atoms with van der Waals surface area (Å²) < 4.78 is 33.4. The average Bonchev–Trinajstić information content (AvgIpc) is 2.61. The molecule has 2 aromatic carbocycles. The van der Waals surface area contributed by atoms with Crippen LogP contribution in [-0.2, 0) is 12.2 Å². The van der Waals surface area contributed by atoms with Gasteiger partial charge in [0, 0.05) is 23.1 Å². The fourth-order valence-electron chi connectivity index (χ4n) is 2.35. The van der Waals surface area contributed by atoms with Gasteiger partial charge < -0.3 is 4.74 Å². The second-order valence-corrected chi connectivity index (χ2v) is 6.68. The molecular formula is C20H18F2N2OS. The van der Waals surface area contributed by atoms with Gasteiger partial charge in [0.05, 0.1) is 0 Å². The summed E-state index contributed by atoms with van der Waals surface area (Å²) in [6.07, 6.45) is 0.703. The molecule has 0 amide bonds. The van der Waals surface area contributed by atoms with Crippen molar-refractivity contribution in [1.82, 2.24) is 9.97 Å². The Hall–Kier alpha value is -2.47. The van der Waals surface area contributed by atoms with Crippen molar-refractivity contribution in [3.63, 3.8) is 0 Å². The molecule has 3 nitrogen and oxygen atoms in total. The van der Waals surface area contributed by atoms with Crippen LogP contribution in [0.4, 0.5) is 8.78 Å². The smallest absolute Gasteiger partial charge is 0.223 e. The second kappa shape index (κ2) is 8.27. The molecule has 0 N–H and O–H groups in total. The summed E-state index contributed by atoms with van der Waals surface area (Å²) in [4.78, 5) is 8.78. The zero-order chi connectivity index (χ0) is 18.5. The number of halogens is 2. The third-order valence-corrected chi connectivity index (χ3v) is 4.59. The summed E-state index contributed by atoms with van der Waals surface area (Å²) in [6.45, 7) is 3.96. The van der Waals surface area contributed by atoms with E-state index in [2.05, 4.69) is 9.97 Å². The van der Waals surface area contributed by atoms with Gasteiger partial charge in [-0.05, 0) is 43.2 Å². The topological polar surface area (TPSA) is 35.0 Å². The van der Waals surface area contributed by atoms with Crippen molar-refractivity contribution in [2.45, 2.75) is 31.2 Å². The molecule has 0 saturated heterocycles. The maximum atomic E-state index is 13.8. The third kappa shape index (κ3) is 4.58. The van der Waals surface area contributed by atoms with Crippen molar-refractivity contribution in [2.75, 3.05) is 0 Å². The molecule has 134 valence electrons. The molecule has 6 heteroatoms. The number of aryl methyl sites for hydroxylation is 2. The molecule has 0 aliphatic rings. The molecule has 26 heavy (non-hydrogen) atoms. The molecule has 0 radical (unpaired) electrons. The van der Waals surface area contributed by atoms with Gasteiger partial charge in [0.2, 0.25) is 5.88 Å². The van der Waals surface area contributed by atoms with Crippen LogP contribution < -0.4 is 4.74 Å². The number of thioether (sulfide) groups is 1. The number of benzene rings is 2. The zero-order valence-electron chi connectivity index (χ0n) is 14.5. The lowest BCUT2D eigenvalue weighted by Crippen LogP contribution is -1.99. The SMILES string of the molecule is CCc1cc(Oc2cccc(C)c2)nc(SCc2c(F)cccc2F)n1. The van der Waals surface area contributed by atoms with Gasteiger partial charge in [-0.25, -0.2) is 13.8 Å².